The van der Waals surface area contributed by atoms with Crippen LogP contribution in [0.3, 0.4) is 0 Å². The second-order valence-corrected chi connectivity index (χ2v) is 6.93. The SMILES string of the molecule is CC(NC(=O)C(C)(C)C)C(=O)Nc1ccc2c(c1F)CCNC2.Cl. The van der Waals surface area contributed by atoms with E-state index in [1.54, 1.807) is 33.8 Å². The fourth-order valence-corrected chi connectivity index (χ4v) is 2.35. The Kier molecular flexibility index (Phi) is 6.75. The van der Waals surface area contributed by atoms with E-state index in [1.807, 2.05) is 6.07 Å². The van der Waals surface area contributed by atoms with Gasteiger partial charge in [0.2, 0.25) is 11.8 Å². The van der Waals surface area contributed by atoms with Crippen molar-refractivity contribution >= 4 is 29.9 Å². The quantitative estimate of drug-likeness (QED) is 0.778. The number of carbonyl (C=O) groups is 2. The van der Waals surface area contributed by atoms with Crippen molar-refractivity contribution in [2.45, 2.75) is 46.7 Å². The molecular weight excluding hydrogens is 333 g/mol. The molecule has 1 unspecified atom stereocenters. The molecule has 24 heavy (non-hydrogen) atoms. The summed E-state index contributed by atoms with van der Waals surface area (Å²) in [6.07, 6.45) is 0.598. The van der Waals surface area contributed by atoms with Crippen molar-refractivity contribution < 1.29 is 14.0 Å². The number of anilines is 1. The van der Waals surface area contributed by atoms with Crippen molar-refractivity contribution in [3.63, 3.8) is 0 Å². The zero-order valence-electron chi connectivity index (χ0n) is 14.5. The highest BCUT2D eigenvalue weighted by Gasteiger charge is 2.26. The van der Waals surface area contributed by atoms with Crippen molar-refractivity contribution in [3.05, 3.63) is 29.1 Å². The molecule has 1 heterocycles. The van der Waals surface area contributed by atoms with Crippen LogP contribution in [0, 0.1) is 11.2 Å². The van der Waals surface area contributed by atoms with Crippen LogP contribution in [0.15, 0.2) is 12.1 Å². The van der Waals surface area contributed by atoms with Gasteiger partial charge in [-0.25, -0.2) is 4.39 Å². The second kappa shape index (κ2) is 7.94. The van der Waals surface area contributed by atoms with Crippen LogP contribution < -0.4 is 16.0 Å². The van der Waals surface area contributed by atoms with E-state index in [4.69, 9.17) is 0 Å². The van der Waals surface area contributed by atoms with Crippen LogP contribution in [0.4, 0.5) is 10.1 Å². The van der Waals surface area contributed by atoms with Gasteiger partial charge in [0.05, 0.1) is 5.69 Å². The summed E-state index contributed by atoms with van der Waals surface area (Å²) >= 11 is 0. The Morgan fingerprint density at radius 2 is 1.96 bits per heavy atom. The molecule has 0 aromatic heterocycles. The third kappa shape index (κ3) is 4.68. The van der Waals surface area contributed by atoms with Crippen LogP contribution in [-0.2, 0) is 22.6 Å². The van der Waals surface area contributed by atoms with E-state index in [-0.39, 0.29) is 29.8 Å². The Morgan fingerprint density at radius 1 is 1.29 bits per heavy atom. The molecule has 2 amide bonds. The lowest BCUT2D eigenvalue weighted by Crippen LogP contribution is -2.46. The number of halogens is 2. The summed E-state index contributed by atoms with van der Waals surface area (Å²) in [5, 5.41) is 8.39. The van der Waals surface area contributed by atoms with Gasteiger partial charge in [0.1, 0.15) is 11.9 Å². The Bertz CT molecular complexity index is 629. The normalized spacial score (nSPS) is 14.9. The average Bonchev–Trinajstić information content (AvgIpc) is 2.49. The predicted molar refractivity (Wildman–Crippen MR) is 94.7 cm³/mol. The van der Waals surface area contributed by atoms with E-state index >= 15 is 0 Å². The molecule has 3 N–H and O–H groups in total. The minimum absolute atomic E-state index is 0. The summed E-state index contributed by atoms with van der Waals surface area (Å²) in [7, 11) is 0. The molecule has 134 valence electrons. The number of carbonyl (C=O) groups excluding carboxylic acids is 2. The van der Waals surface area contributed by atoms with Crippen LogP contribution in [0.25, 0.3) is 0 Å². The maximum Gasteiger partial charge on any atom is 0.246 e. The van der Waals surface area contributed by atoms with Crippen LogP contribution in [0.5, 0.6) is 0 Å². The predicted octanol–water partition coefficient (Wildman–Crippen LogP) is 2.38. The maximum atomic E-state index is 14.5. The number of benzene rings is 1. The van der Waals surface area contributed by atoms with E-state index in [0.29, 0.717) is 18.5 Å². The lowest BCUT2D eigenvalue weighted by molar-refractivity contribution is -0.131. The second-order valence-electron chi connectivity index (χ2n) is 6.93. The first-order valence-electron chi connectivity index (χ1n) is 7.83. The van der Waals surface area contributed by atoms with Gasteiger partial charge < -0.3 is 16.0 Å². The summed E-state index contributed by atoms with van der Waals surface area (Å²) in [5.74, 6) is -1.04. The molecule has 1 aromatic carbocycles. The topological polar surface area (TPSA) is 70.2 Å². The zero-order valence-corrected chi connectivity index (χ0v) is 15.3. The molecule has 0 saturated carbocycles. The van der Waals surface area contributed by atoms with E-state index < -0.39 is 17.4 Å². The van der Waals surface area contributed by atoms with Gasteiger partial charge in [0.15, 0.2) is 0 Å². The summed E-state index contributed by atoms with van der Waals surface area (Å²) in [6, 6.07) is 2.65. The Hall–Kier alpha value is -1.66. The first kappa shape index (κ1) is 20.4. The summed E-state index contributed by atoms with van der Waals surface area (Å²) in [5.41, 5.74) is 1.14. The lowest BCUT2D eigenvalue weighted by Gasteiger charge is -2.22. The molecule has 0 fully saturated rings. The Morgan fingerprint density at radius 3 is 2.58 bits per heavy atom. The molecule has 0 spiro atoms. The van der Waals surface area contributed by atoms with Crippen LogP contribution >= 0.6 is 12.4 Å². The van der Waals surface area contributed by atoms with Gasteiger partial charge in [0, 0.05) is 12.0 Å². The largest absolute Gasteiger partial charge is 0.344 e. The van der Waals surface area contributed by atoms with E-state index in [9.17, 15) is 14.0 Å². The number of amides is 2. The molecule has 1 aliphatic heterocycles. The monoisotopic (exact) mass is 357 g/mol. The molecular formula is C17H25ClFN3O2. The van der Waals surface area contributed by atoms with Crippen LogP contribution in [0.2, 0.25) is 0 Å². The third-order valence-corrected chi connectivity index (χ3v) is 3.89. The Labute approximate surface area is 148 Å². The van der Waals surface area contributed by atoms with Crippen LogP contribution in [-0.4, -0.2) is 24.4 Å². The number of nitrogens with one attached hydrogen (secondary N) is 3. The molecule has 7 heteroatoms. The Balaban J connectivity index is 0.00000288. The molecule has 2 rings (SSSR count). The molecule has 5 nitrogen and oxygen atoms in total. The highest BCUT2D eigenvalue weighted by atomic mass is 35.5. The van der Waals surface area contributed by atoms with Gasteiger partial charge in [-0.2, -0.15) is 0 Å². The summed E-state index contributed by atoms with van der Waals surface area (Å²) in [4.78, 5) is 24.1. The van der Waals surface area contributed by atoms with Gasteiger partial charge in [-0.05, 0) is 37.1 Å². The molecule has 1 atom stereocenters. The van der Waals surface area contributed by atoms with Gasteiger partial charge in [0.25, 0.3) is 0 Å². The number of hydrogen-bond acceptors (Lipinski definition) is 3. The van der Waals surface area contributed by atoms with Crippen molar-refractivity contribution in [3.8, 4) is 0 Å². The fourth-order valence-electron chi connectivity index (χ4n) is 2.35. The third-order valence-electron chi connectivity index (χ3n) is 3.89. The van der Waals surface area contributed by atoms with E-state index in [0.717, 1.165) is 12.1 Å². The first-order chi connectivity index (χ1) is 10.7. The fraction of sp³-hybridized carbons (Fsp3) is 0.529. The molecule has 0 aliphatic carbocycles. The number of rotatable bonds is 3. The zero-order chi connectivity index (χ0) is 17.2. The summed E-state index contributed by atoms with van der Waals surface area (Å²) in [6.45, 7) is 8.25. The molecule has 0 radical (unpaired) electrons. The van der Waals surface area contributed by atoms with E-state index in [2.05, 4.69) is 16.0 Å². The van der Waals surface area contributed by atoms with Crippen molar-refractivity contribution in [1.29, 1.82) is 0 Å². The maximum absolute atomic E-state index is 14.5. The highest BCUT2D eigenvalue weighted by Crippen LogP contribution is 2.24. The highest BCUT2D eigenvalue weighted by molar-refractivity contribution is 5.97. The number of fused-ring (bicyclic) bond motifs is 1. The minimum Gasteiger partial charge on any atom is -0.344 e. The molecule has 1 aliphatic rings. The van der Waals surface area contributed by atoms with Crippen molar-refractivity contribution in [2.75, 3.05) is 11.9 Å². The first-order valence-corrected chi connectivity index (χ1v) is 7.83. The smallest absolute Gasteiger partial charge is 0.246 e. The summed E-state index contributed by atoms with van der Waals surface area (Å²) < 4.78 is 14.5. The average molecular weight is 358 g/mol. The van der Waals surface area contributed by atoms with Crippen LogP contribution in [0.1, 0.15) is 38.8 Å². The van der Waals surface area contributed by atoms with Gasteiger partial charge in [-0.1, -0.05) is 26.8 Å². The van der Waals surface area contributed by atoms with Gasteiger partial charge >= 0.3 is 0 Å². The van der Waals surface area contributed by atoms with E-state index in [1.165, 1.54) is 0 Å². The molecule has 0 saturated heterocycles. The standard InChI is InChI=1S/C17H24FN3O2.ClH/c1-10(20-16(23)17(2,3)4)15(22)21-13-6-5-11-9-19-8-7-12(11)14(13)18;/h5-6,10,19H,7-9H2,1-4H3,(H,20,23)(H,21,22);1H. The van der Waals surface area contributed by atoms with Crippen molar-refractivity contribution in [2.24, 2.45) is 5.41 Å². The minimum atomic E-state index is -0.737. The molecule has 0 bridgehead atoms. The number of hydrogen-bond donors (Lipinski definition) is 3. The van der Waals surface area contributed by atoms with Gasteiger partial charge in [-0.15, -0.1) is 12.4 Å². The lowest BCUT2D eigenvalue weighted by atomic mass is 9.95. The van der Waals surface area contributed by atoms with Crippen molar-refractivity contribution in [1.82, 2.24) is 10.6 Å². The molecule has 1 aromatic rings. The van der Waals surface area contributed by atoms with Gasteiger partial charge in [-0.3, -0.25) is 9.59 Å².